The van der Waals surface area contributed by atoms with Crippen molar-refractivity contribution in [3.8, 4) is 0 Å². The van der Waals surface area contributed by atoms with Crippen molar-refractivity contribution < 1.29 is 0 Å². The number of rotatable bonds is 8. The topological polar surface area (TPSA) is 66.6 Å². The van der Waals surface area contributed by atoms with E-state index in [1.807, 2.05) is 28.8 Å². The molecule has 0 saturated carbocycles. The number of nitrogens with one attached hydrogen (secondary N) is 2. The van der Waals surface area contributed by atoms with Crippen LogP contribution in [-0.4, -0.2) is 40.2 Å². The quantitative estimate of drug-likeness (QED) is 0.293. The van der Waals surface area contributed by atoms with Crippen LogP contribution in [0.5, 0.6) is 0 Å². The third-order valence-electron chi connectivity index (χ3n) is 3.40. The summed E-state index contributed by atoms with van der Waals surface area (Å²) in [5, 5.41) is 15.0. The average molecular weight is 430 g/mol. The van der Waals surface area contributed by atoms with Gasteiger partial charge in [-0.25, -0.2) is 0 Å². The molecule has 0 aliphatic rings. The van der Waals surface area contributed by atoms with Gasteiger partial charge in [0, 0.05) is 32.3 Å². The van der Waals surface area contributed by atoms with Gasteiger partial charge in [0.25, 0.3) is 0 Å². The van der Waals surface area contributed by atoms with Gasteiger partial charge in [0.15, 0.2) is 11.6 Å². The van der Waals surface area contributed by atoms with Gasteiger partial charge in [-0.1, -0.05) is 25.8 Å². The highest BCUT2D eigenvalue weighted by Gasteiger charge is 2.04. The van der Waals surface area contributed by atoms with Crippen LogP contribution in [-0.2, 0) is 6.42 Å². The predicted molar refractivity (Wildman–Crippen MR) is 106 cm³/mol. The Labute approximate surface area is 155 Å². The van der Waals surface area contributed by atoms with Crippen LogP contribution in [0.2, 0.25) is 0 Å². The lowest BCUT2D eigenvalue weighted by molar-refractivity contribution is 0.713. The first-order valence-corrected chi connectivity index (χ1v) is 8.16. The number of fused-ring (bicyclic) bond motifs is 1. The number of unbranched alkanes of at least 4 members (excludes halogenated alkanes) is 2. The van der Waals surface area contributed by atoms with Gasteiger partial charge in [-0.2, -0.15) is 0 Å². The average Bonchev–Trinajstić information content (AvgIpc) is 2.95. The van der Waals surface area contributed by atoms with Crippen LogP contribution in [0.25, 0.3) is 5.65 Å². The monoisotopic (exact) mass is 430 g/mol. The Hall–Kier alpha value is -1.38. The van der Waals surface area contributed by atoms with E-state index < -0.39 is 0 Å². The fourth-order valence-corrected chi connectivity index (χ4v) is 2.25. The summed E-state index contributed by atoms with van der Waals surface area (Å²) < 4.78 is 2.02. The van der Waals surface area contributed by atoms with Gasteiger partial charge in [-0.05, 0) is 25.5 Å². The van der Waals surface area contributed by atoms with Crippen molar-refractivity contribution in [3.63, 3.8) is 0 Å². The van der Waals surface area contributed by atoms with Crippen molar-refractivity contribution in [2.24, 2.45) is 4.99 Å². The zero-order chi connectivity index (χ0) is 15.6. The van der Waals surface area contributed by atoms with Crippen molar-refractivity contribution in [2.75, 3.05) is 19.6 Å². The largest absolute Gasteiger partial charge is 0.357 e. The summed E-state index contributed by atoms with van der Waals surface area (Å²) in [7, 11) is 0. The molecule has 0 aliphatic heterocycles. The van der Waals surface area contributed by atoms with E-state index in [0.29, 0.717) is 0 Å². The maximum Gasteiger partial charge on any atom is 0.191 e. The summed E-state index contributed by atoms with van der Waals surface area (Å²) in [4.78, 5) is 4.58. The summed E-state index contributed by atoms with van der Waals surface area (Å²) in [5.74, 6) is 1.84. The molecule has 0 atom stereocenters. The molecule has 7 heteroatoms. The fourth-order valence-electron chi connectivity index (χ4n) is 2.25. The number of aliphatic imine (C=N–C) groups is 1. The van der Waals surface area contributed by atoms with Crippen LogP contribution in [0.3, 0.4) is 0 Å². The minimum atomic E-state index is 0. The maximum atomic E-state index is 4.58. The van der Waals surface area contributed by atoms with Crippen molar-refractivity contribution >= 4 is 35.6 Å². The molecule has 6 nitrogen and oxygen atoms in total. The van der Waals surface area contributed by atoms with E-state index in [0.717, 1.165) is 49.9 Å². The Kier molecular flexibility index (Phi) is 9.58. The molecule has 0 fully saturated rings. The van der Waals surface area contributed by atoms with Gasteiger partial charge >= 0.3 is 0 Å². The summed E-state index contributed by atoms with van der Waals surface area (Å²) >= 11 is 0. The second-order valence-corrected chi connectivity index (χ2v) is 5.19. The molecular formula is C16H27IN6. The second-order valence-electron chi connectivity index (χ2n) is 5.19. The number of guanidine groups is 1. The molecular weight excluding hydrogens is 403 g/mol. The Morgan fingerprint density at radius 3 is 2.83 bits per heavy atom. The smallest absolute Gasteiger partial charge is 0.191 e. The van der Waals surface area contributed by atoms with Gasteiger partial charge in [0.1, 0.15) is 5.82 Å². The molecule has 2 aromatic rings. The molecule has 0 radical (unpaired) electrons. The number of hydrogen-bond acceptors (Lipinski definition) is 3. The maximum absolute atomic E-state index is 4.58. The molecule has 2 aromatic heterocycles. The van der Waals surface area contributed by atoms with Gasteiger partial charge in [-0.15, -0.1) is 34.2 Å². The number of nitrogens with zero attached hydrogens (tertiary/aromatic N) is 4. The van der Waals surface area contributed by atoms with Crippen LogP contribution in [0, 0.1) is 0 Å². The molecule has 0 aliphatic carbocycles. The van der Waals surface area contributed by atoms with E-state index >= 15 is 0 Å². The molecule has 128 valence electrons. The Morgan fingerprint density at radius 1 is 1.17 bits per heavy atom. The van der Waals surface area contributed by atoms with Gasteiger partial charge in [0.2, 0.25) is 0 Å². The zero-order valence-electron chi connectivity index (χ0n) is 14.0. The Balaban J connectivity index is 0.00000264. The molecule has 0 saturated heterocycles. The van der Waals surface area contributed by atoms with Gasteiger partial charge in [-0.3, -0.25) is 9.39 Å². The summed E-state index contributed by atoms with van der Waals surface area (Å²) in [5.41, 5.74) is 0.887. The highest BCUT2D eigenvalue weighted by molar-refractivity contribution is 14.0. The van der Waals surface area contributed by atoms with E-state index in [9.17, 15) is 0 Å². The molecule has 0 bridgehead atoms. The fraction of sp³-hybridized carbons (Fsp3) is 0.562. The molecule has 2 N–H and O–H groups in total. The third kappa shape index (κ3) is 6.32. The lowest BCUT2D eigenvalue weighted by atomic mass is 10.2. The zero-order valence-corrected chi connectivity index (χ0v) is 16.3. The van der Waals surface area contributed by atoms with Crippen LogP contribution >= 0.6 is 24.0 Å². The summed E-state index contributed by atoms with van der Waals surface area (Å²) in [6.45, 7) is 6.81. The summed E-state index contributed by atoms with van der Waals surface area (Å²) in [6, 6.07) is 5.92. The standard InChI is InChI=1S/C16H26N6.HI/c1-3-5-7-11-18-16(17-4-2)19-12-10-15-21-20-14-9-6-8-13-22(14)15;/h6,8-9,13H,3-5,7,10-12H2,1-2H3,(H2,17,18,19);1H. The molecule has 2 heterocycles. The minimum Gasteiger partial charge on any atom is -0.357 e. The molecule has 0 unspecified atom stereocenters. The number of hydrogen-bond donors (Lipinski definition) is 2. The van der Waals surface area contributed by atoms with Crippen LogP contribution < -0.4 is 10.6 Å². The Morgan fingerprint density at radius 2 is 2.04 bits per heavy atom. The number of aromatic nitrogens is 3. The van der Waals surface area contributed by atoms with Crippen molar-refractivity contribution in [3.05, 3.63) is 30.2 Å². The lowest BCUT2D eigenvalue weighted by Gasteiger charge is -2.10. The normalized spacial score (nSPS) is 11.3. The highest BCUT2D eigenvalue weighted by Crippen LogP contribution is 2.02. The second kappa shape index (κ2) is 11.2. The van der Waals surface area contributed by atoms with E-state index in [4.69, 9.17) is 0 Å². The predicted octanol–water partition coefficient (Wildman–Crippen LogP) is 2.64. The summed E-state index contributed by atoms with van der Waals surface area (Å²) in [6.07, 6.45) is 6.40. The SMILES string of the molecule is CCCCCN=C(NCC)NCCc1nnc2ccccn12.I. The number of halogens is 1. The molecule has 2 rings (SSSR count). The molecule has 0 amide bonds. The van der Waals surface area contributed by atoms with E-state index in [-0.39, 0.29) is 24.0 Å². The van der Waals surface area contributed by atoms with Crippen molar-refractivity contribution in [1.29, 1.82) is 0 Å². The molecule has 23 heavy (non-hydrogen) atoms. The molecule has 0 spiro atoms. The Bertz CT molecular complexity index is 595. The van der Waals surface area contributed by atoms with Crippen LogP contribution in [0.4, 0.5) is 0 Å². The first-order chi connectivity index (χ1) is 10.8. The first-order valence-electron chi connectivity index (χ1n) is 8.16. The van der Waals surface area contributed by atoms with E-state index in [1.165, 1.54) is 12.8 Å². The van der Waals surface area contributed by atoms with E-state index in [2.05, 4.69) is 39.7 Å². The van der Waals surface area contributed by atoms with Crippen molar-refractivity contribution in [1.82, 2.24) is 25.2 Å². The van der Waals surface area contributed by atoms with Crippen LogP contribution in [0.15, 0.2) is 29.4 Å². The molecule has 0 aromatic carbocycles. The lowest BCUT2D eigenvalue weighted by Crippen LogP contribution is -2.38. The van der Waals surface area contributed by atoms with Crippen LogP contribution in [0.1, 0.15) is 38.9 Å². The van der Waals surface area contributed by atoms with Gasteiger partial charge in [0.05, 0.1) is 0 Å². The first kappa shape index (κ1) is 19.7. The van der Waals surface area contributed by atoms with Crippen molar-refractivity contribution in [2.45, 2.75) is 39.5 Å². The van der Waals surface area contributed by atoms with Gasteiger partial charge < -0.3 is 10.6 Å². The highest BCUT2D eigenvalue weighted by atomic mass is 127. The number of pyridine rings is 1. The third-order valence-corrected chi connectivity index (χ3v) is 3.40. The minimum absolute atomic E-state index is 0. The van der Waals surface area contributed by atoms with E-state index in [1.54, 1.807) is 0 Å².